The van der Waals surface area contributed by atoms with Crippen LogP contribution in [0.25, 0.3) is 0 Å². The van der Waals surface area contributed by atoms with Gasteiger partial charge in [0, 0.05) is 19.2 Å². The Balaban J connectivity index is 1.77. The lowest BCUT2D eigenvalue weighted by Gasteiger charge is -2.10. The molecule has 140 valence electrons. The number of aromatic nitrogens is 1. The predicted octanol–water partition coefficient (Wildman–Crippen LogP) is 3.60. The summed E-state index contributed by atoms with van der Waals surface area (Å²) in [5.41, 5.74) is 0.477. The molecule has 5 nitrogen and oxygen atoms in total. The highest BCUT2D eigenvalue weighted by Gasteiger charge is 2.27. The summed E-state index contributed by atoms with van der Waals surface area (Å²) in [5.74, 6) is -0.725. The van der Waals surface area contributed by atoms with Gasteiger partial charge in [-0.25, -0.2) is 4.39 Å². The van der Waals surface area contributed by atoms with Crippen LogP contribution in [-0.2, 0) is 16.1 Å². The Kier molecular flexibility index (Phi) is 6.90. The van der Waals surface area contributed by atoms with Crippen LogP contribution in [0.5, 0.6) is 11.5 Å². The SMILES string of the molecule is O=C(CCOCC(F)(F)F)NCc1ccc(Oc2cccnc2)c(F)c1. The number of nitrogens with one attached hydrogen (secondary N) is 1. The summed E-state index contributed by atoms with van der Waals surface area (Å²) < 4.78 is 59.4. The zero-order chi connectivity index (χ0) is 19.0. The van der Waals surface area contributed by atoms with Gasteiger partial charge in [0.15, 0.2) is 11.6 Å². The molecule has 26 heavy (non-hydrogen) atoms. The third-order valence-corrected chi connectivity index (χ3v) is 3.09. The van der Waals surface area contributed by atoms with Crippen molar-refractivity contribution in [1.29, 1.82) is 0 Å². The maximum Gasteiger partial charge on any atom is 0.411 e. The number of carbonyl (C=O) groups is 1. The summed E-state index contributed by atoms with van der Waals surface area (Å²) in [6.07, 6.45) is -1.65. The lowest BCUT2D eigenvalue weighted by Crippen LogP contribution is -2.25. The molecule has 9 heteroatoms. The van der Waals surface area contributed by atoms with Crippen molar-refractivity contribution >= 4 is 5.91 Å². The molecule has 0 saturated heterocycles. The van der Waals surface area contributed by atoms with Gasteiger partial charge in [-0.05, 0) is 29.8 Å². The molecule has 0 spiro atoms. The van der Waals surface area contributed by atoms with Gasteiger partial charge in [0.1, 0.15) is 12.4 Å². The molecule has 0 saturated carbocycles. The topological polar surface area (TPSA) is 60.5 Å². The number of benzene rings is 1. The predicted molar refractivity (Wildman–Crippen MR) is 84.0 cm³/mol. The molecule has 1 N–H and O–H groups in total. The maximum absolute atomic E-state index is 14.0. The minimum atomic E-state index is -4.42. The van der Waals surface area contributed by atoms with E-state index in [-0.39, 0.29) is 25.3 Å². The quantitative estimate of drug-likeness (QED) is 0.568. The smallest absolute Gasteiger partial charge is 0.411 e. The van der Waals surface area contributed by atoms with E-state index in [9.17, 15) is 22.4 Å². The van der Waals surface area contributed by atoms with Gasteiger partial charge in [-0.15, -0.1) is 0 Å². The fourth-order valence-corrected chi connectivity index (χ4v) is 1.91. The molecular formula is C17H16F4N2O3. The van der Waals surface area contributed by atoms with Gasteiger partial charge in [-0.2, -0.15) is 13.2 Å². The van der Waals surface area contributed by atoms with Gasteiger partial charge in [0.05, 0.1) is 12.8 Å². The molecule has 0 aliphatic heterocycles. The van der Waals surface area contributed by atoms with Crippen molar-refractivity contribution in [3.05, 3.63) is 54.1 Å². The van der Waals surface area contributed by atoms with Crippen LogP contribution < -0.4 is 10.1 Å². The first kappa shape index (κ1) is 19.6. The number of hydrogen-bond acceptors (Lipinski definition) is 4. The van der Waals surface area contributed by atoms with E-state index in [1.165, 1.54) is 18.3 Å². The number of hydrogen-bond donors (Lipinski definition) is 1. The average molecular weight is 372 g/mol. The third-order valence-electron chi connectivity index (χ3n) is 3.09. The van der Waals surface area contributed by atoms with E-state index in [1.54, 1.807) is 24.4 Å². The number of amides is 1. The van der Waals surface area contributed by atoms with E-state index >= 15 is 0 Å². The molecule has 1 aromatic carbocycles. The van der Waals surface area contributed by atoms with Crippen molar-refractivity contribution in [2.45, 2.75) is 19.1 Å². The molecular weight excluding hydrogens is 356 g/mol. The van der Waals surface area contributed by atoms with Crippen LogP contribution in [0, 0.1) is 5.82 Å². The normalized spacial score (nSPS) is 11.2. The van der Waals surface area contributed by atoms with Gasteiger partial charge < -0.3 is 14.8 Å². The van der Waals surface area contributed by atoms with E-state index in [4.69, 9.17) is 4.74 Å². The second-order valence-corrected chi connectivity index (χ2v) is 5.25. The molecule has 2 rings (SSSR count). The van der Waals surface area contributed by atoms with E-state index in [2.05, 4.69) is 15.0 Å². The summed E-state index contributed by atoms with van der Waals surface area (Å²) in [6, 6.07) is 7.45. The average Bonchev–Trinajstić information content (AvgIpc) is 2.59. The minimum Gasteiger partial charge on any atom is -0.453 e. The Labute approximate surface area is 146 Å². The molecule has 0 unspecified atom stereocenters. The highest BCUT2D eigenvalue weighted by Crippen LogP contribution is 2.24. The Hall–Kier alpha value is -2.68. The largest absolute Gasteiger partial charge is 0.453 e. The number of halogens is 4. The Morgan fingerprint density at radius 2 is 2.04 bits per heavy atom. The minimum absolute atomic E-state index is 0.00799. The number of ether oxygens (including phenoxy) is 2. The van der Waals surface area contributed by atoms with Gasteiger partial charge in [-0.1, -0.05) is 6.07 Å². The molecule has 0 aliphatic carbocycles. The highest BCUT2D eigenvalue weighted by molar-refractivity contribution is 5.75. The van der Waals surface area contributed by atoms with Crippen molar-refractivity contribution in [2.75, 3.05) is 13.2 Å². The van der Waals surface area contributed by atoms with Crippen molar-refractivity contribution in [3.63, 3.8) is 0 Å². The molecule has 0 atom stereocenters. The van der Waals surface area contributed by atoms with Crippen LogP contribution >= 0.6 is 0 Å². The van der Waals surface area contributed by atoms with Crippen LogP contribution in [0.2, 0.25) is 0 Å². The van der Waals surface area contributed by atoms with Gasteiger partial charge in [-0.3, -0.25) is 9.78 Å². The Morgan fingerprint density at radius 1 is 1.23 bits per heavy atom. The monoisotopic (exact) mass is 372 g/mol. The van der Waals surface area contributed by atoms with Gasteiger partial charge >= 0.3 is 6.18 Å². The zero-order valence-electron chi connectivity index (χ0n) is 13.6. The van der Waals surface area contributed by atoms with E-state index < -0.39 is 24.5 Å². The zero-order valence-corrected chi connectivity index (χ0v) is 13.6. The van der Waals surface area contributed by atoms with Crippen LogP contribution in [0.1, 0.15) is 12.0 Å². The molecule has 0 fully saturated rings. The Morgan fingerprint density at radius 3 is 2.69 bits per heavy atom. The van der Waals surface area contributed by atoms with Crippen molar-refractivity contribution in [3.8, 4) is 11.5 Å². The van der Waals surface area contributed by atoms with E-state index in [0.717, 1.165) is 0 Å². The lowest BCUT2D eigenvalue weighted by atomic mass is 10.2. The summed E-state index contributed by atoms with van der Waals surface area (Å²) in [6.45, 7) is -1.72. The number of alkyl halides is 3. The molecule has 0 radical (unpaired) electrons. The Bertz CT molecular complexity index is 724. The van der Waals surface area contributed by atoms with Crippen LogP contribution in [0.4, 0.5) is 17.6 Å². The second-order valence-electron chi connectivity index (χ2n) is 5.25. The number of rotatable bonds is 8. The van der Waals surface area contributed by atoms with Gasteiger partial charge in [0.25, 0.3) is 0 Å². The van der Waals surface area contributed by atoms with Gasteiger partial charge in [0.2, 0.25) is 5.91 Å². The van der Waals surface area contributed by atoms with Crippen LogP contribution in [-0.4, -0.2) is 30.3 Å². The number of nitrogens with zero attached hydrogens (tertiary/aromatic N) is 1. The molecule has 1 heterocycles. The molecule has 1 amide bonds. The molecule has 2 aromatic rings. The highest BCUT2D eigenvalue weighted by atomic mass is 19.4. The summed E-state index contributed by atoms with van der Waals surface area (Å²) in [4.78, 5) is 15.4. The fourth-order valence-electron chi connectivity index (χ4n) is 1.91. The maximum atomic E-state index is 14.0. The van der Waals surface area contributed by atoms with Crippen molar-refractivity contribution in [2.24, 2.45) is 0 Å². The summed E-state index contributed by atoms with van der Waals surface area (Å²) in [5, 5.41) is 2.48. The standard InChI is InChI=1S/C17H16F4N2O3/c18-14-8-12(3-4-15(14)26-13-2-1-6-22-10-13)9-23-16(24)5-7-25-11-17(19,20)21/h1-4,6,8,10H,5,7,9,11H2,(H,23,24). The van der Waals surface area contributed by atoms with E-state index in [1.807, 2.05) is 0 Å². The third kappa shape index (κ3) is 7.06. The number of carbonyl (C=O) groups excluding carboxylic acids is 1. The van der Waals surface area contributed by atoms with E-state index in [0.29, 0.717) is 11.3 Å². The fraction of sp³-hybridized carbons (Fsp3) is 0.294. The summed E-state index contributed by atoms with van der Waals surface area (Å²) in [7, 11) is 0. The number of pyridine rings is 1. The molecule has 0 bridgehead atoms. The summed E-state index contributed by atoms with van der Waals surface area (Å²) >= 11 is 0. The first-order chi connectivity index (χ1) is 12.3. The molecule has 0 aliphatic rings. The van der Waals surface area contributed by atoms with Crippen LogP contribution in [0.3, 0.4) is 0 Å². The van der Waals surface area contributed by atoms with Crippen molar-refractivity contribution < 1.29 is 31.8 Å². The van der Waals surface area contributed by atoms with Crippen LogP contribution in [0.15, 0.2) is 42.7 Å². The second kappa shape index (κ2) is 9.14. The van der Waals surface area contributed by atoms with Crippen molar-refractivity contribution in [1.82, 2.24) is 10.3 Å². The first-order valence-corrected chi connectivity index (χ1v) is 7.61. The first-order valence-electron chi connectivity index (χ1n) is 7.61. The lowest BCUT2D eigenvalue weighted by molar-refractivity contribution is -0.174. The molecule has 1 aromatic heterocycles.